The molecule has 0 radical (unpaired) electrons. The first kappa shape index (κ1) is 19.1. The van der Waals surface area contributed by atoms with Crippen LogP contribution in [0.15, 0.2) is 34.7 Å². The topological polar surface area (TPSA) is 75.4 Å². The van der Waals surface area contributed by atoms with E-state index in [-0.39, 0.29) is 11.8 Å². The van der Waals surface area contributed by atoms with E-state index in [1.807, 2.05) is 19.1 Å². The number of amides is 2. The summed E-state index contributed by atoms with van der Waals surface area (Å²) >= 11 is 7.36. The summed E-state index contributed by atoms with van der Waals surface area (Å²) in [5.41, 5.74) is 1.42. The van der Waals surface area contributed by atoms with Crippen molar-refractivity contribution in [1.29, 1.82) is 0 Å². The number of nitrogens with one attached hydrogen (secondary N) is 1. The molecule has 1 N–H and O–H groups in total. The van der Waals surface area contributed by atoms with Crippen LogP contribution < -0.4 is 5.32 Å². The molecule has 2 aromatic heterocycles. The van der Waals surface area contributed by atoms with E-state index in [1.165, 1.54) is 16.2 Å². The quantitative estimate of drug-likeness (QED) is 0.689. The fraction of sp³-hybridized carbons (Fsp3) is 0.211. The number of benzene rings is 1. The fourth-order valence-corrected chi connectivity index (χ4v) is 3.58. The first-order valence-electron chi connectivity index (χ1n) is 8.13. The van der Waals surface area contributed by atoms with Crippen LogP contribution in [0.2, 0.25) is 5.02 Å². The Kier molecular flexibility index (Phi) is 5.34. The Morgan fingerprint density at radius 2 is 1.93 bits per heavy atom. The number of furan rings is 1. The molecule has 0 aliphatic heterocycles. The standard InChI is InChI=1S/C19H18ClN3O3S/c1-10-5-8-15(26-10)18-21-11(2)16(27-18)17(24)22-12-6-7-14(20)13(9-12)19(25)23(3)4/h5-9H,1-4H3,(H,22,24). The molecule has 3 aromatic rings. The van der Waals surface area contributed by atoms with Gasteiger partial charge in [-0.25, -0.2) is 4.98 Å². The van der Waals surface area contributed by atoms with E-state index in [1.54, 1.807) is 39.2 Å². The van der Waals surface area contributed by atoms with Gasteiger partial charge in [-0.15, -0.1) is 11.3 Å². The predicted molar refractivity (Wildman–Crippen MR) is 107 cm³/mol. The minimum Gasteiger partial charge on any atom is -0.459 e. The average molecular weight is 404 g/mol. The number of halogens is 1. The maximum Gasteiger partial charge on any atom is 0.267 e. The molecule has 2 amide bonds. The number of aryl methyl sites for hydroxylation is 2. The second-order valence-electron chi connectivity index (χ2n) is 6.19. The van der Waals surface area contributed by atoms with Crippen LogP contribution in [0.3, 0.4) is 0 Å². The molecule has 1 aromatic carbocycles. The summed E-state index contributed by atoms with van der Waals surface area (Å²) in [7, 11) is 3.28. The zero-order chi connectivity index (χ0) is 19.7. The van der Waals surface area contributed by atoms with Crippen molar-refractivity contribution < 1.29 is 14.0 Å². The van der Waals surface area contributed by atoms with Gasteiger partial charge in [0.1, 0.15) is 10.6 Å². The number of carbonyl (C=O) groups is 2. The Labute approximate surface area is 165 Å². The largest absolute Gasteiger partial charge is 0.459 e. The van der Waals surface area contributed by atoms with Crippen LogP contribution >= 0.6 is 22.9 Å². The molecule has 0 atom stereocenters. The zero-order valence-corrected chi connectivity index (χ0v) is 16.9. The molecule has 0 saturated carbocycles. The minimum atomic E-state index is -0.301. The van der Waals surface area contributed by atoms with Gasteiger partial charge >= 0.3 is 0 Å². The van der Waals surface area contributed by atoms with Gasteiger partial charge in [-0.2, -0.15) is 0 Å². The molecular formula is C19H18ClN3O3S. The lowest BCUT2D eigenvalue weighted by molar-refractivity contribution is 0.0827. The van der Waals surface area contributed by atoms with Crippen LogP contribution in [0.1, 0.15) is 31.5 Å². The maximum absolute atomic E-state index is 12.7. The number of anilines is 1. The van der Waals surface area contributed by atoms with Gasteiger partial charge in [0.2, 0.25) is 0 Å². The molecule has 27 heavy (non-hydrogen) atoms. The van der Waals surface area contributed by atoms with Crippen molar-refractivity contribution in [3.63, 3.8) is 0 Å². The van der Waals surface area contributed by atoms with Crippen molar-refractivity contribution in [3.05, 3.63) is 57.2 Å². The van der Waals surface area contributed by atoms with Crippen molar-refractivity contribution in [2.45, 2.75) is 13.8 Å². The van der Waals surface area contributed by atoms with Gasteiger partial charge in [0.25, 0.3) is 11.8 Å². The lowest BCUT2D eigenvalue weighted by Gasteiger charge is -2.13. The van der Waals surface area contributed by atoms with Crippen LogP contribution in [0.4, 0.5) is 5.69 Å². The first-order chi connectivity index (χ1) is 12.8. The number of hydrogen-bond acceptors (Lipinski definition) is 5. The molecule has 2 heterocycles. The highest BCUT2D eigenvalue weighted by molar-refractivity contribution is 7.17. The molecular weight excluding hydrogens is 386 g/mol. The van der Waals surface area contributed by atoms with Crippen molar-refractivity contribution in [3.8, 4) is 10.8 Å². The average Bonchev–Trinajstić information content (AvgIpc) is 3.21. The third-order valence-electron chi connectivity index (χ3n) is 3.81. The van der Waals surface area contributed by atoms with Gasteiger partial charge in [0.15, 0.2) is 10.8 Å². The summed E-state index contributed by atoms with van der Waals surface area (Å²) in [5, 5.41) is 3.78. The number of rotatable bonds is 4. The number of hydrogen-bond donors (Lipinski definition) is 1. The van der Waals surface area contributed by atoms with Gasteiger partial charge in [-0.1, -0.05) is 11.6 Å². The van der Waals surface area contributed by atoms with E-state index in [9.17, 15) is 9.59 Å². The summed E-state index contributed by atoms with van der Waals surface area (Å²) in [6, 6.07) is 8.48. The smallest absolute Gasteiger partial charge is 0.267 e. The summed E-state index contributed by atoms with van der Waals surface area (Å²) in [5.74, 6) is 0.874. The van der Waals surface area contributed by atoms with Gasteiger partial charge in [-0.05, 0) is 44.2 Å². The van der Waals surface area contributed by atoms with Crippen LogP contribution in [0.25, 0.3) is 10.8 Å². The lowest BCUT2D eigenvalue weighted by atomic mass is 10.1. The summed E-state index contributed by atoms with van der Waals surface area (Å²) in [6.07, 6.45) is 0. The third-order valence-corrected chi connectivity index (χ3v) is 5.32. The van der Waals surface area contributed by atoms with Crippen molar-refractivity contribution in [1.82, 2.24) is 9.88 Å². The molecule has 0 saturated heterocycles. The Hall–Kier alpha value is -2.64. The molecule has 3 rings (SSSR count). The fourth-order valence-electron chi connectivity index (χ4n) is 2.46. The minimum absolute atomic E-state index is 0.236. The van der Waals surface area contributed by atoms with Gasteiger partial charge < -0.3 is 14.6 Å². The van der Waals surface area contributed by atoms with Crippen molar-refractivity contribution >= 4 is 40.4 Å². The summed E-state index contributed by atoms with van der Waals surface area (Å²) in [6.45, 7) is 3.62. The summed E-state index contributed by atoms with van der Waals surface area (Å²) < 4.78 is 5.57. The van der Waals surface area contributed by atoms with Crippen molar-refractivity contribution in [2.75, 3.05) is 19.4 Å². The molecule has 6 nitrogen and oxygen atoms in total. The molecule has 8 heteroatoms. The highest BCUT2D eigenvalue weighted by Crippen LogP contribution is 2.30. The molecule has 0 fully saturated rings. The van der Waals surface area contributed by atoms with Crippen LogP contribution in [0, 0.1) is 13.8 Å². The highest BCUT2D eigenvalue weighted by atomic mass is 35.5. The third kappa shape index (κ3) is 4.04. The number of aromatic nitrogens is 1. The SMILES string of the molecule is Cc1ccc(-c2nc(C)c(C(=O)Nc3ccc(Cl)c(C(=O)N(C)C)c3)s2)o1. The number of nitrogens with zero attached hydrogens (tertiary/aromatic N) is 2. The van der Waals surface area contributed by atoms with E-state index in [0.29, 0.717) is 37.6 Å². The molecule has 0 spiro atoms. The van der Waals surface area contributed by atoms with Crippen LogP contribution in [0.5, 0.6) is 0 Å². The summed E-state index contributed by atoms with van der Waals surface area (Å²) in [4.78, 5) is 31.2. The number of thiazole rings is 1. The van der Waals surface area contributed by atoms with E-state index in [2.05, 4.69) is 10.3 Å². The van der Waals surface area contributed by atoms with E-state index < -0.39 is 0 Å². The van der Waals surface area contributed by atoms with Crippen LogP contribution in [-0.4, -0.2) is 35.8 Å². The normalized spacial score (nSPS) is 10.7. The Bertz CT molecular complexity index is 1020. The Morgan fingerprint density at radius 1 is 1.19 bits per heavy atom. The predicted octanol–water partition coefficient (Wildman–Crippen LogP) is 4.63. The molecule has 0 aliphatic carbocycles. The second-order valence-corrected chi connectivity index (χ2v) is 7.60. The highest BCUT2D eigenvalue weighted by Gasteiger charge is 2.19. The lowest BCUT2D eigenvalue weighted by Crippen LogP contribution is -2.22. The van der Waals surface area contributed by atoms with E-state index in [4.69, 9.17) is 16.0 Å². The maximum atomic E-state index is 12.7. The monoisotopic (exact) mass is 403 g/mol. The van der Waals surface area contributed by atoms with Gasteiger partial charge in [0.05, 0.1) is 16.3 Å². The zero-order valence-electron chi connectivity index (χ0n) is 15.3. The molecule has 0 unspecified atom stereocenters. The van der Waals surface area contributed by atoms with E-state index in [0.717, 1.165) is 5.76 Å². The Balaban J connectivity index is 1.85. The Morgan fingerprint density at radius 3 is 2.56 bits per heavy atom. The molecule has 140 valence electrons. The van der Waals surface area contributed by atoms with E-state index >= 15 is 0 Å². The number of carbonyl (C=O) groups excluding carboxylic acids is 2. The molecule has 0 aliphatic rings. The first-order valence-corrected chi connectivity index (χ1v) is 9.32. The second kappa shape index (κ2) is 7.54. The van der Waals surface area contributed by atoms with Crippen LogP contribution in [-0.2, 0) is 0 Å². The molecule has 0 bridgehead atoms. The van der Waals surface area contributed by atoms with Gasteiger partial charge in [0, 0.05) is 19.8 Å². The van der Waals surface area contributed by atoms with Gasteiger partial charge in [-0.3, -0.25) is 9.59 Å². The van der Waals surface area contributed by atoms with Crippen molar-refractivity contribution in [2.24, 2.45) is 0 Å².